The van der Waals surface area contributed by atoms with E-state index in [-0.39, 0.29) is 5.69 Å². The van der Waals surface area contributed by atoms with E-state index >= 15 is 0 Å². The molecule has 0 aliphatic carbocycles. The maximum atomic E-state index is 10.6. The van der Waals surface area contributed by atoms with Crippen LogP contribution in [0.1, 0.15) is 26.3 Å². The monoisotopic (exact) mass is 295 g/mol. The Morgan fingerprint density at radius 2 is 2.05 bits per heavy atom. The van der Waals surface area contributed by atoms with Gasteiger partial charge in [0.25, 0.3) is 5.69 Å². The average Bonchev–Trinajstić information content (AvgIpc) is 2.83. The molecule has 110 valence electrons. The number of nitrogens with one attached hydrogen (secondary N) is 1. The van der Waals surface area contributed by atoms with Crippen molar-refractivity contribution in [2.75, 3.05) is 17.6 Å². The molecule has 1 aromatic carbocycles. The zero-order valence-corrected chi connectivity index (χ0v) is 13.2. The fourth-order valence-electron chi connectivity index (χ4n) is 1.38. The summed E-state index contributed by atoms with van der Waals surface area (Å²) in [5.74, 6) is 1.80. The van der Waals surface area contributed by atoms with Gasteiger partial charge in [-0.15, -0.1) is 0 Å². The Kier molecular flexibility index (Phi) is 6.51. The molecule has 1 N–H and O–H groups in total. The smallest absolute Gasteiger partial charge is 0.271 e. The molecule has 0 atom stereocenters. The summed E-state index contributed by atoms with van der Waals surface area (Å²) in [7, 11) is 0. The topological polar surface area (TPSA) is 67.5 Å². The zero-order valence-electron chi connectivity index (χ0n) is 12.3. The van der Waals surface area contributed by atoms with Gasteiger partial charge < -0.3 is 5.32 Å². The Balaban J connectivity index is 0.000000444. The third-order valence-corrected chi connectivity index (χ3v) is 3.15. The summed E-state index contributed by atoms with van der Waals surface area (Å²) in [6, 6.07) is 4.78. The van der Waals surface area contributed by atoms with Crippen molar-refractivity contribution in [2.45, 2.75) is 27.7 Å². The molecule has 1 aliphatic heterocycles. The molecule has 5 nitrogen and oxygen atoms in total. The number of rotatable bonds is 2. The maximum Gasteiger partial charge on any atom is 0.271 e. The number of hydrogen-bond donors (Lipinski definition) is 1. The Labute approximate surface area is 124 Å². The SMILES string of the molecule is CC(C)C.Cc1ccc([N+](=O)[O-])cc1NC1=NCCS1. The first-order valence-corrected chi connectivity index (χ1v) is 7.58. The highest BCUT2D eigenvalue weighted by molar-refractivity contribution is 8.14. The molecular formula is C14H21N3O2S. The van der Waals surface area contributed by atoms with Crippen LogP contribution in [0.2, 0.25) is 0 Å². The van der Waals surface area contributed by atoms with Gasteiger partial charge >= 0.3 is 0 Å². The molecule has 0 spiro atoms. The van der Waals surface area contributed by atoms with Crippen molar-refractivity contribution >= 4 is 28.3 Å². The Hall–Kier alpha value is -1.56. The fraction of sp³-hybridized carbons (Fsp3) is 0.500. The van der Waals surface area contributed by atoms with Gasteiger partial charge in [-0.05, 0) is 18.4 Å². The van der Waals surface area contributed by atoms with Gasteiger partial charge in [0.2, 0.25) is 0 Å². The van der Waals surface area contributed by atoms with E-state index in [1.165, 1.54) is 12.1 Å². The molecule has 0 amide bonds. The van der Waals surface area contributed by atoms with Gasteiger partial charge in [0, 0.05) is 23.6 Å². The van der Waals surface area contributed by atoms with E-state index in [2.05, 4.69) is 31.1 Å². The van der Waals surface area contributed by atoms with E-state index in [9.17, 15) is 10.1 Å². The van der Waals surface area contributed by atoms with Crippen LogP contribution in [0, 0.1) is 23.0 Å². The zero-order chi connectivity index (χ0) is 15.1. The number of aryl methyl sites for hydroxylation is 1. The van der Waals surface area contributed by atoms with Crippen molar-refractivity contribution in [1.29, 1.82) is 0 Å². The van der Waals surface area contributed by atoms with E-state index in [0.29, 0.717) is 0 Å². The molecule has 6 heteroatoms. The standard InChI is InChI=1S/C10H11N3O2S.C4H10/c1-7-2-3-8(13(14)15)6-9(7)12-10-11-4-5-16-10;1-4(2)3/h2-3,6H,4-5H2,1H3,(H,11,12);4H,1-3H3. The van der Waals surface area contributed by atoms with Crippen LogP contribution in [0.4, 0.5) is 11.4 Å². The first kappa shape index (κ1) is 16.5. The molecule has 0 aromatic heterocycles. The highest BCUT2D eigenvalue weighted by Gasteiger charge is 2.12. The van der Waals surface area contributed by atoms with E-state index in [1.807, 2.05) is 6.92 Å². The maximum absolute atomic E-state index is 10.6. The predicted molar refractivity (Wildman–Crippen MR) is 86.7 cm³/mol. The Morgan fingerprint density at radius 3 is 2.55 bits per heavy atom. The number of hydrogen-bond acceptors (Lipinski definition) is 5. The normalized spacial score (nSPS) is 13.6. The summed E-state index contributed by atoms with van der Waals surface area (Å²) >= 11 is 1.63. The molecule has 0 radical (unpaired) electrons. The van der Waals surface area contributed by atoms with Crippen LogP contribution < -0.4 is 5.32 Å². The molecule has 0 unspecified atom stereocenters. The lowest BCUT2D eigenvalue weighted by Crippen LogP contribution is -2.06. The first-order valence-electron chi connectivity index (χ1n) is 6.59. The van der Waals surface area contributed by atoms with Gasteiger partial charge in [-0.25, -0.2) is 0 Å². The van der Waals surface area contributed by atoms with Crippen LogP contribution in [0.15, 0.2) is 23.2 Å². The number of thioether (sulfide) groups is 1. The van der Waals surface area contributed by atoms with Crippen molar-refractivity contribution in [2.24, 2.45) is 10.9 Å². The van der Waals surface area contributed by atoms with Crippen LogP contribution in [0.3, 0.4) is 0 Å². The minimum atomic E-state index is -0.395. The number of nitrogens with zero attached hydrogens (tertiary/aromatic N) is 2. The van der Waals surface area contributed by atoms with E-state index in [4.69, 9.17) is 0 Å². The minimum absolute atomic E-state index is 0.0942. The predicted octanol–water partition coefficient (Wildman–Crippen LogP) is 4.08. The van der Waals surface area contributed by atoms with Crippen LogP contribution in [0.5, 0.6) is 0 Å². The molecule has 0 fully saturated rings. The molecule has 1 aromatic rings. The lowest BCUT2D eigenvalue weighted by molar-refractivity contribution is -0.384. The molecule has 20 heavy (non-hydrogen) atoms. The summed E-state index contributed by atoms with van der Waals surface area (Å²) in [4.78, 5) is 14.5. The number of aliphatic imine (C=N–C) groups is 1. The molecule has 0 saturated heterocycles. The average molecular weight is 295 g/mol. The van der Waals surface area contributed by atoms with Crippen molar-refractivity contribution in [1.82, 2.24) is 0 Å². The highest BCUT2D eigenvalue weighted by atomic mass is 32.2. The van der Waals surface area contributed by atoms with E-state index in [1.54, 1.807) is 17.8 Å². The fourth-order valence-corrected chi connectivity index (χ4v) is 2.12. The molecule has 1 aliphatic rings. The molecule has 2 rings (SSSR count). The highest BCUT2D eigenvalue weighted by Crippen LogP contribution is 2.24. The number of anilines is 1. The minimum Gasteiger partial charge on any atom is -0.335 e. The van der Waals surface area contributed by atoms with Crippen molar-refractivity contribution in [3.8, 4) is 0 Å². The largest absolute Gasteiger partial charge is 0.335 e. The van der Waals surface area contributed by atoms with E-state index in [0.717, 1.165) is 34.6 Å². The molecule has 1 heterocycles. The van der Waals surface area contributed by atoms with Gasteiger partial charge in [-0.1, -0.05) is 38.6 Å². The second-order valence-corrected chi connectivity index (χ2v) is 6.23. The van der Waals surface area contributed by atoms with Gasteiger partial charge in [0.15, 0.2) is 5.17 Å². The second kappa shape index (κ2) is 7.89. The molecule has 0 bridgehead atoms. The third-order valence-electron chi connectivity index (χ3n) is 2.26. The summed E-state index contributed by atoms with van der Waals surface area (Å²) in [6.07, 6.45) is 0. The second-order valence-electron chi connectivity index (χ2n) is 5.15. The van der Waals surface area contributed by atoms with Crippen molar-refractivity contribution < 1.29 is 4.92 Å². The summed E-state index contributed by atoms with van der Waals surface area (Å²) in [5, 5.41) is 14.6. The third kappa shape index (κ3) is 5.61. The van der Waals surface area contributed by atoms with Gasteiger partial charge in [0.1, 0.15) is 0 Å². The first-order chi connectivity index (χ1) is 9.40. The number of benzene rings is 1. The Morgan fingerprint density at radius 1 is 1.40 bits per heavy atom. The van der Waals surface area contributed by atoms with Crippen LogP contribution in [-0.4, -0.2) is 22.4 Å². The van der Waals surface area contributed by atoms with Crippen molar-refractivity contribution in [3.63, 3.8) is 0 Å². The number of non-ortho nitro benzene ring substituents is 1. The summed E-state index contributed by atoms with van der Waals surface area (Å²) in [6.45, 7) is 9.22. The molecular weight excluding hydrogens is 274 g/mol. The van der Waals surface area contributed by atoms with Crippen LogP contribution in [0.25, 0.3) is 0 Å². The summed E-state index contributed by atoms with van der Waals surface area (Å²) < 4.78 is 0. The van der Waals surface area contributed by atoms with Crippen LogP contribution in [-0.2, 0) is 0 Å². The van der Waals surface area contributed by atoms with Gasteiger partial charge in [0.05, 0.1) is 11.5 Å². The lowest BCUT2D eigenvalue weighted by atomic mass is 10.2. The van der Waals surface area contributed by atoms with Crippen LogP contribution >= 0.6 is 11.8 Å². The summed E-state index contributed by atoms with van der Waals surface area (Å²) in [5.41, 5.74) is 1.82. The number of nitro benzene ring substituents is 1. The van der Waals surface area contributed by atoms with Gasteiger partial charge in [-0.2, -0.15) is 0 Å². The number of nitro groups is 1. The Bertz CT molecular complexity index is 498. The van der Waals surface area contributed by atoms with Gasteiger partial charge in [-0.3, -0.25) is 15.1 Å². The van der Waals surface area contributed by atoms with Crippen molar-refractivity contribution in [3.05, 3.63) is 33.9 Å². The van der Waals surface area contributed by atoms with E-state index < -0.39 is 4.92 Å². The molecule has 0 saturated carbocycles. The lowest BCUT2D eigenvalue weighted by Gasteiger charge is -2.07. The quantitative estimate of drug-likeness (QED) is 0.659. The number of amidine groups is 1.